The zero-order valence-electron chi connectivity index (χ0n) is 10.7. The molecule has 1 aliphatic carbocycles. The highest BCUT2D eigenvalue weighted by Gasteiger charge is 2.24. The number of hydrogen-bond donors (Lipinski definition) is 2. The van der Waals surface area contributed by atoms with E-state index in [1.54, 1.807) is 0 Å². The molecule has 1 heterocycles. The van der Waals surface area contributed by atoms with Crippen LogP contribution in [0.5, 0.6) is 0 Å². The van der Waals surface area contributed by atoms with Crippen LogP contribution >= 0.6 is 0 Å². The molecule has 1 aromatic heterocycles. The van der Waals surface area contributed by atoms with Crippen molar-refractivity contribution in [3.05, 3.63) is 17.6 Å². The van der Waals surface area contributed by atoms with Crippen molar-refractivity contribution in [3.63, 3.8) is 0 Å². The summed E-state index contributed by atoms with van der Waals surface area (Å²) in [6, 6.07) is 1.04. The molecule has 0 radical (unpaired) electrons. The highest BCUT2D eigenvalue weighted by Crippen LogP contribution is 2.33. The molecule has 1 fully saturated rings. The molecule has 19 heavy (non-hydrogen) atoms. The number of aryl methyl sites for hydroxylation is 1. The van der Waals surface area contributed by atoms with E-state index in [2.05, 4.69) is 4.72 Å². The molecule has 0 aliphatic heterocycles. The van der Waals surface area contributed by atoms with Crippen LogP contribution in [0, 0.1) is 12.8 Å². The van der Waals surface area contributed by atoms with Gasteiger partial charge >= 0.3 is 5.97 Å². The first-order valence-corrected chi connectivity index (χ1v) is 7.72. The average molecular weight is 287 g/mol. The molecule has 0 spiro atoms. The lowest BCUT2D eigenvalue weighted by Gasteiger charge is -2.04. The van der Waals surface area contributed by atoms with Crippen LogP contribution in [0.15, 0.2) is 15.4 Å². The molecule has 0 atom stereocenters. The fourth-order valence-electron chi connectivity index (χ4n) is 1.92. The van der Waals surface area contributed by atoms with E-state index in [0.29, 0.717) is 6.54 Å². The summed E-state index contributed by atoms with van der Waals surface area (Å²) >= 11 is 0. The Hall–Kier alpha value is -1.34. The molecule has 1 aromatic rings. The third kappa shape index (κ3) is 3.57. The van der Waals surface area contributed by atoms with E-state index in [9.17, 15) is 13.2 Å². The molecule has 0 unspecified atom stereocenters. The summed E-state index contributed by atoms with van der Waals surface area (Å²) in [5.41, 5.74) is 0. The van der Waals surface area contributed by atoms with Gasteiger partial charge in [-0.1, -0.05) is 12.8 Å². The Morgan fingerprint density at radius 3 is 2.74 bits per heavy atom. The average Bonchev–Trinajstić information content (AvgIpc) is 3.05. The van der Waals surface area contributed by atoms with Gasteiger partial charge in [-0.3, -0.25) is 0 Å². The third-order valence-electron chi connectivity index (χ3n) is 3.15. The molecule has 0 aromatic carbocycles. The number of carbonyl (C=O) groups is 1. The second kappa shape index (κ2) is 5.34. The second-order valence-corrected chi connectivity index (χ2v) is 6.55. The van der Waals surface area contributed by atoms with Crippen molar-refractivity contribution in [1.29, 1.82) is 0 Å². The fourth-order valence-corrected chi connectivity index (χ4v) is 3.17. The first-order chi connectivity index (χ1) is 8.90. The minimum absolute atomic E-state index is 0.0899. The van der Waals surface area contributed by atoms with Gasteiger partial charge in [0.15, 0.2) is 0 Å². The van der Waals surface area contributed by atoms with Crippen molar-refractivity contribution < 1.29 is 22.7 Å². The Bertz CT molecular complexity index is 571. The lowest BCUT2D eigenvalue weighted by atomic mass is 10.2. The second-order valence-electron chi connectivity index (χ2n) is 4.82. The number of rotatable bonds is 7. The number of aromatic carboxylic acids is 1. The highest BCUT2D eigenvalue weighted by molar-refractivity contribution is 7.89. The Morgan fingerprint density at radius 1 is 1.53 bits per heavy atom. The van der Waals surface area contributed by atoms with E-state index in [1.165, 1.54) is 19.8 Å². The van der Waals surface area contributed by atoms with Crippen molar-refractivity contribution in [3.8, 4) is 0 Å². The van der Waals surface area contributed by atoms with Crippen molar-refractivity contribution in [2.24, 2.45) is 5.92 Å². The van der Waals surface area contributed by atoms with Gasteiger partial charge in [-0.15, -0.1) is 0 Å². The normalized spacial score (nSPS) is 15.6. The Kier molecular flexibility index (Phi) is 3.96. The summed E-state index contributed by atoms with van der Waals surface area (Å²) < 4.78 is 31.3. The molecule has 0 bridgehead atoms. The maximum absolute atomic E-state index is 12.0. The number of carboxylic acid groups (broad SMARTS) is 1. The predicted octanol–water partition coefficient (Wildman–Crippen LogP) is 1.75. The van der Waals surface area contributed by atoms with E-state index >= 15 is 0 Å². The Labute approximate surface area is 111 Å². The largest absolute Gasteiger partial charge is 0.475 e. The molecule has 6 nitrogen and oxygen atoms in total. The van der Waals surface area contributed by atoms with Gasteiger partial charge in [0.25, 0.3) is 0 Å². The Morgan fingerprint density at radius 2 is 2.21 bits per heavy atom. The van der Waals surface area contributed by atoms with E-state index < -0.39 is 16.0 Å². The number of nitrogens with one attached hydrogen (secondary N) is 1. The maximum Gasteiger partial charge on any atom is 0.371 e. The SMILES string of the molecule is Cc1oc(C(=O)O)cc1S(=O)(=O)NCCCC1CC1. The number of furan rings is 1. The van der Waals surface area contributed by atoms with Gasteiger partial charge in [-0.05, 0) is 25.7 Å². The minimum atomic E-state index is -3.69. The van der Waals surface area contributed by atoms with Gasteiger partial charge < -0.3 is 9.52 Å². The topological polar surface area (TPSA) is 96.6 Å². The lowest BCUT2D eigenvalue weighted by Crippen LogP contribution is -2.25. The number of sulfonamides is 1. The summed E-state index contributed by atoms with van der Waals surface area (Å²) in [4.78, 5) is 10.6. The highest BCUT2D eigenvalue weighted by atomic mass is 32.2. The van der Waals surface area contributed by atoms with E-state index in [4.69, 9.17) is 9.52 Å². The number of hydrogen-bond acceptors (Lipinski definition) is 4. The zero-order valence-corrected chi connectivity index (χ0v) is 11.5. The molecule has 0 amide bonds. The first kappa shape index (κ1) is 14.1. The number of carboxylic acids is 1. The summed E-state index contributed by atoms with van der Waals surface area (Å²) in [5.74, 6) is -0.792. The van der Waals surface area contributed by atoms with Crippen LogP contribution in [0.3, 0.4) is 0 Å². The van der Waals surface area contributed by atoms with Gasteiger partial charge in [-0.2, -0.15) is 0 Å². The molecule has 7 heteroatoms. The third-order valence-corrected chi connectivity index (χ3v) is 4.72. The lowest BCUT2D eigenvalue weighted by molar-refractivity contribution is 0.0661. The van der Waals surface area contributed by atoms with Crippen LogP contribution in [0.1, 0.15) is 42.0 Å². The van der Waals surface area contributed by atoms with Crippen LogP contribution in [0.25, 0.3) is 0 Å². The van der Waals surface area contributed by atoms with Crippen LogP contribution in [-0.2, 0) is 10.0 Å². The summed E-state index contributed by atoms with van der Waals surface area (Å²) in [6.07, 6.45) is 4.32. The van der Waals surface area contributed by atoms with E-state index in [0.717, 1.165) is 24.8 Å². The van der Waals surface area contributed by atoms with Gasteiger partial charge in [-0.25, -0.2) is 17.9 Å². The molecule has 1 saturated carbocycles. The van der Waals surface area contributed by atoms with Crippen LogP contribution in [-0.4, -0.2) is 26.0 Å². The molecule has 106 valence electrons. The maximum atomic E-state index is 12.0. The van der Waals surface area contributed by atoms with Crippen molar-refractivity contribution in [1.82, 2.24) is 4.72 Å². The molecule has 2 N–H and O–H groups in total. The van der Waals surface area contributed by atoms with Gasteiger partial charge in [0.05, 0.1) is 0 Å². The zero-order chi connectivity index (χ0) is 14.0. The van der Waals surface area contributed by atoms with Crippen LogP contribution in [0.2, 0.25) is 0 Å². The van der Waals surface area contributed by atoms with Gasteiger partial charge in [0, 0.05) is 12.6 Å². The minimum Gasteiger partial charge on any atom is -0.475 e. The molecule has 0 saturated heterocycles. The standard InChI is InChI=1S/C12H17NO5S/c1-8-11(7-10(18-8)12(14)15)19(16,17)13-6-2-3-9-4-5-9/h7,9,13H,2-6H2,1H3,(H,14,15). The fraction of sp³-hybridized carbons (Fsp3) is 0.583. The van der Waals surface area contributed by atoms with Crippen LogP contribution in [0.4, 0.5) is 0 Å². The quantitative estimate of drug-likeness (QED) is 0.745. The molecular weight excluding hydrogens is 270 g/mol. The molecule has 2 rings (SSSR count). The van der Waals surface area contributed by atoms with E-state index in [-0.39, 0.29) is 16.4 Å². The first-order valence-electron chi connectivity index (χ1n) is 6.23. The predicted molar refractivity (Wildman–Crippen MR) is 67.6 cm³/mol. The molecular formula is C12H17NO5S. The van der Waals surface area contributed by atoms with Crippen molar-refractivity contribution >= 4 is 16.0 Å². The monoisotopic (exact) mass is 287 g/mol. The van der Waals surface area contributed by atoms with Crippen molar-refractivity contribution in [2.75, 3.05) is 6.54 Å². The van der Waals surface area contributed by atoms with Gasteiger partial charge in [0.2, 0.25) is 15.8 Å². The summed E-state index contributed by atoms with van der Waals surface area (Å²) in [5, 5.41) is 8.76. The van der Waals surface area contributed by atoms with E-state index in [1.807, 2.05) is 0 Å². The van der Waals surface area contributed by atoms with Crippen molar-refractivity contribution in [2.45, 2.75) is 37.5 Å². The summed E-state index contributed by atoms with van der Waals surface area (Å²) in [7, 11) is -3.69. The smallest absolute Gasteiger partial charge is 0.371 e. The Balaban J connectivity index is 1.99. The molecule has 1 aliphatic rings. The van der Waals surface area contributed by atoms with Crippen LogP contribution < -0.4 is 4.72 Å². The summed E-state index contributed by atoms with van der Waals surface area (Å²) in [6.45, 7) is 1.80. The van der Waals surface area contributed by atoms with Gasteiger partial charge in [0.1, 0.15) is 10.7 Å².